The second-order valence-corrected chi connectivity index (χ2v) is 16.7. The topological polar surface area (TPSA) is 492 Å². The van der Waals surface area contributed by atoms with Gasteiger partial charge in [-0.1, -0.05) is 34.1 Å². The van der Waals surface area contributed by atoms with Gasteiger partial charge >= 0.3 is 5.97 Å². The second kappa shape index (κ2) is 30.3. The molecule has 0 bridgehead atoms. The molecule has 0 radical (unpaired) electrons. The van der Waals surface area contributed by atoms with Crippen LogP contribution in [0.25, 0.3) is 0 Å². The zero-order valence-electron chi connectivity index (χ0n) is 39.1. The predicted molar refractivity (Wildman–Crippen MR) is 242 cm³/mol. The molecule has 11 amide bonds. The molecule has 0 spiro atoms. The van der Waals surface area contributed by atoms with Crippen LogP contribution in [0.4, 0.5) is 0 Å². The van der Waals surface area contributed by atoms with Crippen molar-refractivity contribution in [3.8, 4) is 0 Å². The fraction of sp³-hybridized carbons (Fsp3) is 0.692. The molecule has 30 heteroatoms. The zero-order valence-corrected chi connectivity index (χ0v) is 40.0. The lowest BCUT2D eigenvalue weighted by Crippen LogP contribution is -2.63. The Labute approximate surface area is 402 Å². The quantitative estimate of drug-likeness (QED) is 0.0287. The highest BCUT2D eigenvalue weighted by atomic mass is 32.1. The van der Waals surface area contributed by atoms with Crippen LogP contribution in [-0.2, 0) is 57.5 Å². The van der Waals surface area contributed by atoms with Gasteiger partial charge in [0.05, 0.1) is 44.3 Å². The molecule has 0 saturated heterocycles. The molecule has 69 heavy (non-hydrogen) atoms. The molecule has 0 aliphatic rings. The molecule has 0 aliphatic heterocycles. The number of nitrogens with two attached hydrogens (primary N) is 3. The van der Waals surface area contributed by atoms with Crippen molar-refractivity contribution in [1.29, 1.82) is 0 Å². The first-order valence-corrected chi connectivity index (χ1v) is 22.1. The van der Waals surface area contributed by atoms with E-state index in [0.717, 1.165) is 20.8 Å². The van der Waals surface area contributed by atoms with Crippen LogP contribution in [0.15, 0.2) is 0 Å². The van der Waals surface area contributed by atoms with Gasteiger partial charge in [-0.25, -0.2) is 4.79 Å². The largest absolute Gasteiger partial charge is 0.480 e. The van der Waals surface area contributed by atoms with Crippen molar-refractivity contribution in [1.82, 2.24) is 47.9 Å². The molecule has 0 aromatic carbocycles. The van der Waals surface area contributed by atoms with Gasteiger partial charge in [0.2, 0.25) is 65.0 Å². The summed E-state index contributed by atoms with van der Waals surface area (Å²) in [6.07, 6.45) is -4.57. The van der Waals surface area contributed by atoms with E-state index in [-0.39, 0.29) is 5.92 Å². The number of aliphatic carboxylic acids is 1. The van der Waals surface area contributed by atoms with Gasteiger partial charge in [-0.05, 0) is 32.6 Å². The standard InChI is InChI=1S/C39H68N12O17S/c1-8-15(4)26(42)35(63)49-27(14(2)3)36(64)47-22(12-53)32(60)44-19(9-24(40)56)31(59)43-16(5)30(58)46-21(11-52)33(61)48-23(13-69)34(62)50-29(18(7)55)38(66)51-28(17(6)54)37(65)45-20(39(67)68)10-25(41)57/h14-23,26-29,52-55,69H,8-13,42H2,1-7H3,(H2,40,56)(H2,41,57)(H,43,59)(H,44,60)(H,45,65)(H,46,58)(H,47,64)(H,48,61)(H,49,63)(H,50,62)(H,51,66)(H,67,68)/t15-,16-,17+,18+,19-,20-,21-,22-,23-,26-,27-,28-,29-/m0/s1. The van der Waals surface area contributed by atoms with E-state index in [4.69, 9.17) is 17.2 Å². The highest BCUT2D eigenvalue weighted by Crippen LogP contribution is 2.09. The third-order valence-electron chi connectivity index (χ3n) is 10.2. The van der Waals surface area contributed by atoms with E-state index in [1.54, 1.807) is 20.8 Å². The fourth-order valence-corrected chi connectivity index (χ4v) is 6.00. The summed E-state index contributed by atoms with van der Waals surface area (Å²) in [6, 6.07) is -16.5. The molecule has 0 aromatic heterocycles. The van der Waals surface area contributed by atoms with E-state index in [1.807, 2.05) is 17.6 Å². The fourth-order valence-electron chi connectivity index (χ4n) is 5.74. The number of nitrogens with one attached hydrogen (secondary N) is 9. The van der Waals surface area contributed by atoms with Gasteiger partial charge in [0, 0.05) is 5.75 Å². The maximum absolute atomic E-state index is 13.3. The van der Waals surface area contributed by atoms with E-state index in [9.17, 15) is 83.1 Å². The molecule has 0 heterocycles. The maximum Gasteiger partial charge on any atom is 0.326 e. The van der Waals surface area contributed by atoms with Gasteiger partial charge in [0.15, 0.2) is 0 Å². The maximum atomic E-state index is 13.3. The van der Waals surface area contributed by atoms with Crippen LogP contribution in [0.2, 0.25) is 0 Å². The summed E-state index contributed by atoms with van der Waals surface area (Å²) in [5.74, 6) is -15.2. The van der Waals surface area contributed by atoms with E-state index in [0.29, 0.717) is 6.42 Å². The summed E-state index contributed by atoms with van der Waals surface area (Å²) in [4.78, 5) is 152. The number of amides is 11. The summed E-state index contributed by atoms with van der Waals surface area (Å²) in [5, 5.41) is 69.2. The Bertz CT molecular complexity index is 1860. The number of aliphatic hydroxyl groups excluding tert-OH is 4. The van der Waals surface area contributed by atoms with Crippen molar-refractivity contribution in [3.05, 3.63) is 0 Å². The Morgan fingerprint density at radius 2 is 0.826 bits per heavy atom. The van der Waals surface area contributed by atoms with Crippen LogP contribution in [0.3, 0.4) is 0 Å². The number of hydrogen-bond donors (Lipinski definition) is 18. The number of aliphatic hydroxyl groups is 4. The highest BCUT2D eigenvalue weighted by Gasteiger charge is 2.37. The summed E-state index contributed by atoms with van der Waals surface area (Å²) < 4.78 is 0. The van der Waals surface area contributed by atoms with Crippen LogP contribution < -0.4 is 65.1 Å². The minimum atomic E-state index is -1.91. The van der Waals surface area contributed by atoms with Crippen molar-refractivity contribution < 1.29 is 83.1 Å². The number of carbonyl (C=O) groups excluding carboxylic acids is 11. The van der Waals surface area contributed by atoms with Gasteiger partial charge in [-0.3, -0.25) is 52.7 Å². The van der Waals surface area contributed by atoms with Crippen LogP contribution >= 0.6 is 12.6 Å². The first-order chi connectivity index (χ1) is 32.0. The molecule has 0 aromatic rings. The lowest BCUT2D eigenvalue weighted by molar-refractivity contribution is -0.144. The monoisotopic (exact) mass is 1010 g/mol. The first-order valence-electron chi connectivity index (χ1n) is 21.4. The molecule has 0 aliphatic carbocycles. The predicted octanol–water partition coefficient (Wildman–Crippen LogP) is -9.09. The summed E-state index contributed by atoms with van der Waals surface area (Å²) in [7, 11) is 0. The molecule has 0 rings (SSSR count). The molecule has 0 saturated carbocycles. The van der Waals surface area contributed by atoms with Gasteiger partial charge in [-0.2, -0.15) is 12.6 Å². The minimum absolute atomic E-state index is 0.234. The third kappa shape index (κ3) is 21.3. The van der Waals surface area contributed by atoms with E-state index in [2.05, 4.69) is 49.8 Å². The molecule has 20 N–H and O–H groups in total. The number of carbonyl (C=O) groups is 12. The lowest BCUT2D eigenvalue weighted by Gasteiger charge is -2.28. The average molecular weight is 1010 g/mol. The van der Waals surface area contributed by atoms with E-state index >= 15 is 0 Å². The minimum Gasteiger partial charge on any atom is -0.480 e. The number of carboxylic acid groups (broad SMARTS) is 1. The SMILES string of the molecule is CC[C@H](C)[C@H](N)C(=O)N[C@H](C(=O)N[C@@H](CO)C(=O)N[C@@H](CC(N)=O)C(=O)N[C@@H](C)C(=O)N[C@@H](CO)C(=O)N[C@@H](CS)C(=O)N[C@H](C(=O)N[C@H](C(=O)N[C@@H](CC(N)=O)C(=O)O)[C@@H](C)O)[C@@H](C)O)C(C)C. The van der Waals surface area contributed by atoms with Crippen molar-refractivity contribution in [2.24, 2.45) is 29.0 Å². The number of hydrogen-bond acceptors (Lipinski definition) is 18. The summed E-state index contributed by atoms with van der Waals surface area (Å²) >= 11 is 4.00. The molecule has 13 atom stereocenters. The third-order valence-corrected chi connectivity index (χ3v) is 10.6. The lowest BCUT2D eigenvalue weighted by atomic mass is 9.97. The molecule has 29 nitrogen and oxygen atoms in total. The second-order valence-electron chi connectivity index (χ2n) is 16.4. The Morgan fingerprint density at radius 1 is 0.478 bits per heavy atom. The van der Waals surface area contributed by atoms with Crippen molar-refractivity contribution in [3.63, 3.8) is 0 Å². The Kier molecular flexibility index (Phi) is 27.6. The Hall–Kier alpha value is -6.21. The first kappa shape index (κ1) is 62.8. The van der Waals surface area contributed by atoms with Crippen LogP contribution in [-0.4, -0.2) is 188 Å². The van der Waals surface area contributed by atoms with Crippen molar-refractivity contribution in [2.45, 2.75) is 140 Å². The van der Waals surface area contributed by atoms with Crippen LogP contribution in [0, 0.1) is 11.8 Å². The normalized spacial score (nSPS) is 16.8. The van der Waals surface area contributed by atoms with Crippen molar-refractivity contribution >= 4 is 83.6 Å². The number of thiol groups is 1. The summed E-state index contributed by atoms with van der Waals surface area (Å²) in [6.45, 7) is 7.78. The van der Waals surface area contributed by atoms with E-state index < -0.39 is 181 Å². The average Bonchev–Trinajstić information content (AvgIpc) is 3.26. The number of primary amides is 2. The van der Waals surface area contributed by atoms with E-state index in [1.165, 1.54) is 0 Å². The Morgan fingerprint density at radius 3 is 1.23 bits per heavy atom. The van der Waals surface area contributed by atoms with Crippen LogP contribution in [0.1, 0.15) is 67.7 Å². The molecule has 0 unspecified atom stereocenters. The van der Waals surface area contributed by atoms with Gasteiger partial charge in [0.25, 0.3) is 0 Å². The van der Waals surface area contributed by atoms with Crippen molar-refractivity contribution in [2.75, 3.05) is 19.0 Å². The Balaban J connectivity index is 5.89. The molecular weight excluding hydrogens is 941 g/mol. The smallest absolute Gasteiger partial charge is 0.326 e. The zero-order chi connectivity index (χ0) is 53.6. The van der Waals surface area contributed by atoms with Gasteiger partial charge < -0.3 is 90.6 Å². The number of rotatable bonds is 31. The highest BCUT2D eigenvalue weighted by molar-refractivity contribution is 7.80. The summed E-state index contributed by atoms with van der Waals surface area (Å²) in [5.41, 5.74) is 16.3. The van der Waals surface area contributed by atoms with Crippen LogP contribution in [0.5, 0.6) is 0 Å². The van der Waals surface area contributed by atoms with Gasteiger partial charge in [-0.15, -0.1) is 0 Å². The number of carboxylic acids is 1. The van der Waals surface area contributed by atoms with Gasteiger partial charge in [0.1, 0.15) is 54.4 Å². The molecule has 392 valence electrons. The molecular formula is C39H68N12O17S. The molecule has 0 fully saturated rings.